The molecular weight excluding hydrogens is 326 g/mol. The topological polar surface area (TPSA) is 121 Å². The van der Waals surface area contributed by atoms with Gasteiger partial charge >= 0.3 is 0 Å². The van der Waals surface area contributed by atoms with Crippen LogP contribution in [0.2, 0.25) is 0 Å². The number of thiophene rings is 1. The van der Waals surface area contributed by atoms with Crippen molar-refractivity contribution in [3.05, 3.63) is 39.7 Å². The number of rotatable bonds is 4. The molecular formula is C12H13N5O3S2. The zero-order valence-corrected chi connectivity index (χ0v) is 12.9. The second-order valence-corrected chi connectivity index (χ2v) is 7.21. The van der Waals surface area contributed by atoms with E-state index in [0.29, 0.717) is 17.1 Å². The summed E-state index contributed by atoms with van der Waals surface area (Å²) < 4.78 is 23.8. The van der Waals surface area contributed by atoms with Crippen LogP contribution in [0.4, 0.5) is 5.82 Å². The lowest BCUT2D eigenvalue weighted by Crippen LogP contribution is -2.32. The standard InChI is InChI=1S/C12H13N5O3S2/c13-22(19,20)17-6-9-10(7-17)15-16-12(9)14-11(18)4-3-8-2-1-5-21-8/h1-5H,6-7H2,(H2,13,19,20)(H2,14,15,16,18). The smallest absolute Gasteiger partial charge is 0.277 e. The number of aromatic amines is 1. The molecule has 0 aromatic carbocycles. The third-order valence-electron chi connectivity index (χ3n) is 3.17. The van der Waals surface area contributed by atoms with Crippen LogP contribution in [-0.2, 0) is 28.1 Å². The predicted octanol–water partition coefficient (Wildman–Crippen LogP) is 0.642. The molecule has 4 N–H and O–H groups in total. The van der Waals surface area contributed by atoms with Crippen molar-refractivity contribution in [1.82, 2.24) is 14.5 Å². The number of anilines is 1. The molecule has 116 valence electrons. The maximum Gasteiger partial charge on any atom is 0.277 e. The Hall–Kier alpha value is -2.01. The van der Waals surface area contributed by atoms with Gasteiger partial charge in [-0.05, 0) is 17.5 Å². The van der Waals surface area contributed by atoms with E-state index in [9.17, 15) is 13.2 Å². The minimum absolute atomic E-state index is 0.0922. The van der Waals surface area contributed by atoms with Crippen LogP contribution < -0.4 is 10.5 Å². The molecule has 8 nitrogen and oxygen atoms in total. The number of H-pyrrole nitrogens is 1. The first-order chi connectivity index (χ1) is 10.4. The van der Waals surface area contributed by atoms with Gasteiger partial charge in [0.05, 0.1) is 12.2 Å². The van der Waals surface area contributed by atoms with Gasteiger partial charge in [0.2, 0.25) is 5.91 Å². The lowest BCUT2D eigenvalue weighted by molar-refractivity contribution is -0.111. The summed E-state index contributed by atoms with van der Waals surface area (Å²) in [7, 11) is -3.76. The molecule has 0 unspecified atom stereocenters. The second kappa shape index (κ2) is 5.65. The van der Waals surface area contributed by atoms with Crippen LogP contribution in [-0.4, -0.2) is 28.8 Å². The molecule has 0 spiro atoms. The average Bonchev–Trinajstić information content (AvgIpc) is 3.13. The molecule has 2 aromatic heterocycles. The molecule has 3 heterocycles. The van der Waals surface area contributed by atoms with Crippen molar-refractivity contribution in [1.29, 1.82) is 0 Å². The number of hydrogen-bond donors (Lipinski definition) is 3. The van der Waals surface area contributed by atoms with Gasteiger partial charge in [-0.2, -0.15) is 17.8 Å². The maximum atomic E-state index is 11.9. The van der Waals surface area contributed by atoms with Gasteiger partial charge < -0.3 is 5.32 Å². The summed E-state index contributed by atoms with van der Waals surface area (Å²) in [6.45, 7) is 0.219. The van der Waals surface area contributed by atoms with Crippen molar-refractivity contribution in [2.24, 2.45) is 5.14 Å². The number of nitrogens with zero attached hydrogens (tertiary/aromatic N) is 2. The minimum atomic E-state index is -3.76. The van der Waals surface area contributed by atoms with Crippen LogP contribution in [0.3, 0.4) is 0 Å². The van der Waals surface area contributed by atoms with Crippen LogP contribution in [0.5, 0.6) is 0 Å². The molecule has 0 atom stereocenters. The fourth-order valence-electron chi connectivity index (χ4n) is 2.10. The van der Waals surface area contributed by atoms with Gasteiger partial charge in [-0.25, -0.2) is 5.14 Å². The average molecular weight is 339 g/mol. The zero-order valence-electron chi connectivity index (χ0n) is 11.3. The molecule has 0 saturated heterocycles. The highest BCUT2D eigenvalue weighted by Crippen LogP contribution is 2.28. The van der Waals surface area contributed by atoms with Crippen molar-refractivity contribution in [3.8, 4) is 0 Å². The lowest BCUT2D eigenvalue weighted by atomic mass is 10.3. The number of fused-ring (bicyclic) bond motifs is 1. The van der Waals surface area contributed by atoms with Crippen LogP contribution in [0, 0.1) is 0 Å². The van der Waals surface area contributed by atoms with E-state index in [2.05, 4.69) is 15.5 Å². The maximum absolute atomic E-state index is 11.9. The Bertz CT molecular complexity index is 823. The number of carbonyl (C=O) groups is 1. The number of carbonyl (C=O) groups excluding carboxylic acids is 1. The molecule has 1 aliphatic rings. The fraction of sp³-hybridized carbons (Fsp3) is 0.167. The van der Waals surface area contributed by atoms with Gasteiger partial charge in [0.25, 0.3) is 10.2 Å². The molecule has 2 aromatic rings. The van der Waals surface area contributed by atoms with E-state index in [1.165, 1.54) is 17.4 Å². The normalized spacial score (nSPS) is 15.3. The zero-order chi connectivity index (χ0) is 15.7. The first-order valence-electron chi connectivity index (χ1n) is 6.30. The van der Waals surface area contributed by atoms with Crippen molar-refractivity contribution in [3.63, 3.8) is 0 Å². The minimum Gasteiger partial charge on any atom is -0.305 e. The van der Waals surface area contributed by atoms with Gasteiger partial charge in [0, 0.05) is 23.1 Å². The van der Waals surface area contributed by atoms with Gasteiger partial charge in [-0.3, -0.25) is 9.89 Å². The Kier molecular flexibility index (Phi) is 3.83. The molecule has 3 rings (SSSR count). The van der Waals surface area contributed by atoms with Crippen LogP contribution >= 0.6 is 11.3 Å². The van der Waals surface area contributed by atoms with E-state index in [-0.39, 0.29) is 19.0 Å². The highest BCUT2D eigenvalue weighted by molar-refractivity contribution is 7.86. The SMILES string of the molecule is NS(=O)(=O)N1Cc2[nH]nc(NC(=O)C=Cc3cccs3)c2C1. The van der Waals surface area contributed by atoms with Crippen molar-refractivity contribution in [2.45, 2.75) is 13.1 Å². The number of aromatic nitrogens is 2. The molecule has 0 fully saturated rings. The Labute approximate surface area is 130 Å². The molecule has 0 saturated carbocycles. The summed E-state index contributed by atoms with van der Waals surface area (Å²) in [5.74, 6) is -0.0151. The Morgan fingerprint density at radius 3 is 3.00 bits per heavy atom. The summed E-state index contributed by atoms with van der Waals surface area (Å²) in [4.78, 5) is 12.8. The van der Waals surface area contributed by atoms with E-state index in [1.807, 2.05) is 17.5 Å². The summed E-state index contributed by atoms with van der Waals surface area (Å²) in [5.41, 5.74) is 1.26. The summed E-state index contributed by atoms with van der Waals surface area (Å²) in [6.07, 6.45) is 3.10. The summed E-state index contributed by atoms with van der Waals surface area (Å²) in [6, 6.07) is 3.79. The van der Waals surface area contributed by atoms with Gasteiger partial charge in [-0.1, -0.05) is 6.07 Å². The molecule has 1 aliphatic heterocycles. The number of amides is 1. The van der Waals surface area contributed by atoms with E-state index in [0.717, 1.165) is 9.18 Å². The second-order valence-electron chi connectivity index (χ2n) is 4.68. The third-order valence-corrected chi connectivity index (χ3v) is 4.98. The van der Waals surface area contributed by atoms with Gasteiger partial charge in [-0.15, -0.1) is 11.3 Å². The van der Waals surface area contributed by atoms with E-state index in [4.69, 9.17) is 5.14 Å². The van der Waals surface area contributed by atoms with E-state index >= 15 is 0 Å². The number of hydrogen-bond acceptors (Lipinski definition) is 5. The quantitative estimate of drug-likeness (QED) is 0.708. The Balaban J connectivity index is 1.70. The van der Waals surface area contributed by atoms with Crippen LogP contribution in [0.15, 0.2) is 23.6 Å². The van der Waals surface area contributed by atoms with Gasteiger partial charge in [0.1, 0.15) is 0 Å². The number of nitrogens with two attached hydrogens (primary N) is 1. The summed E-state index contributed by atoms with van der Waals surface area (Å²) in [5, 5.41) is 16.4. The molecule has 0 aliphatic carbocycles. The molecule has 0 bridgehead atoms. The molecule has 10 heteroatoms. The van der Waals surface area contributed by atoms with Crippen LogP contribution in [0.25, 0.3) is 6.08 Å². The molecule has 22 heavy (non-hydrogen) atoms. The van der Waals surface area contributed by atoms with Gasteiger partial charge in [0.15, 0.2) is 5.82 Å². The fourth-order valence-corrected chi connectivity index (χ4v) is 3.33. The monoisotopic (exact) mass is 339 g/mol. The number of nitrogens with one attached hydrogen (secondary N) is 2. The predicted molar refractivity (Wildman–Crippen MR) is 82.9 cm³/mol. The van der Waals surface area contributed by atoms with Crippen molar-refractivity contribution in [2.75, 3.05) is 5.32 Å². The highest BCUT2D eigenvalue weighted by atomic mass is 32.2. The van der Waals surface area contributed by atoms with Crippen molar-refractivity contribution >= 4 is 39.3 Å². The molecule has 0 radical (unpaired) electrons. The van der Waals surface area contributed by atoms with Crippen LogP contribution in [0.1, 0.15) is 16.1 Å². The van der Waals surface area contributed by atoms with E-state index < -0.39 is 10.2 Å². The summed E-state index contributed by atoms with van der Waals surface area (Å²) >= 11 is 1.52. The highest BCUT2D eigenvalue weighted by Gasteiger charge is 2.31. The van der Waals surface area contributed by atoms with Crippen molar-refractivity contribution < 1.29 is 13.2 Å². The Morgan fingerprint density at radius 1 is 1.50 bits per heavy atom. The first kappa shape index (κ1) is 14.9. The Morgan fingerprint density at radius 2 is 2.32 bits per heavy atom. The lowest BCUT2D eigenvalue weighted by Gasteiger charge is -2.10. The first-order valence-corrected chi connectivity index (χ1v) is 8.68. The largest absolute Gasteiger partial charge is 0.305 e. The molecule has 1 amide bonds. The third kappa shape index (κ3) is 3.09. The van der Waals surface area contributed by atoms with E-state index in [1.54, 1.807) is 6.08 Å².